The monoisotopic (exact) mass is 756 g/mol. The molecule has 1 unspecified atom stereocenters. The number of fused-ring (bicyclic) bond motifs is 2. The highest BCUT2D eigenvalue weighted by Crippen LogP contribution is 2.34. The van der Waals surface area contributed by atoms with Crippen LogP contribution < -0.4 is 30.2 Å². The molecule has 0 aliphatic carbocycles. The van der Waals surface area contributed by atoms with Gasteiger partial charge in [0.1, 0.15) is 41.7 Å². The van der Waals surface area contributed by atoms with Crippen molar-refractivity contribution >= 4 is 35.4 Å². The van der Waals surface area contributed by atoms with Gasteiger partial charge in [-0.2, -0.15) is 0 Å². The molecule has 0 spiro atoms. The predicted molar refractivity (Wildman–Crippen MR) is 202 cm³/mol. The number of carbonyl (C=O) groups is 6. The Morgan fingerprint density at radius 1 is 0.673 bits per heavy atom. The van der Waals surface area contributed by atoms with Gasteiger partial charge in [-0.3, -0.25) is 28.8 Å². The van der Waals surface area contributed by atoms with Crippen molar-refractivity contribution in [3.05, 3.63) is 83.4 Å². The van der Waals surface area contributed by atoms with Crippen molar-refractivity contribution in [2.24, 2.45) is 0 Å². The second-order valence-electron chi connectivity index (χ2n) is 13.8. The van der Waals surface area contributed by atoms with E-state index in [-0.39, 0.29) is 19.3 Å². The lowest BCUT2D eigenvalue weighted by Gasteiger charge is -2.35. The predicted octanol–water partition coefficient (Wildman–Crippen LogP) is 1.46. The summed E-state index contributed by atoms with van der Waals surface area (Å²) in [4.78, 5) is 87.3. The number of benzene rings is 3. The minimum atomic E-state index is -1.15. The van der Waals surface area contributed by atoms with Crippen LogP contribution in [-0.4, -0.2) is 122 Å². The van der Waals surface area contributed by atoms with Gasteiger partial charge in [-0.15, -0.1) is 0 Å². The number of nitrogens with one attached hydrogen (secondary N) is 3. The molecule has 55 heavy (non-hydrogen) atoms. The Morgan fingerprint density at radius 2 is 1.31 bits per heavy atom. The van der Waals surface area contributed by atoms with Crippen molar-refractivity contribution in [2.45, 2.75) is 63.3 Å². The molecule has 6 amide bonds. The van der Waals surface area contributed by atoms with Crippen molar-refractivity contribution < 1.29 is 43.0 Å². The molecule has 292 valence electrons. The van der Waals surface area contributed by atoms with Crippen LogP contribution in [0.3, 0.4) is 0 Å². The lowest BCUT2D eigenvalue weighted by Crippen LogP contribution is -2.60. The van der Waals surface area contributed by atoms with Gasteiger partial charge in [-0.1, -0.05) is 30.3 Å². The summed E-state index contributed by atoms with van der Waals surface area (Å²) in [6.07, 6.45) is 0.157. The third-order valence-electron chi connectivity index (χ3n) is 10.1. The summed E-state index contributed by atoms with van der Waals surface area (Å²) >= 11 is 0. The molecule has 3 aliphatic rings. The number of hydrogen-bond acceptors (Lipinski definition) is 9. The number of likely N-dealkylation sites (N-methyl/N-ethyl adjacent to an activating group) is 3. The van der Waals surface area contributed by atoms with Gasteiger partial charge in [0.25, 0.3) is 0 Å². The third-order valence-corrected chi connectivity index (χ3v) is 10.1. The molecule has 3 N–H and O–H groups in total. The topological polar surface area (TPSA) is 176 Å². The highest BCUT2D eigenvalue weighted by atomic mass is 16.5. The second-order valence-corrected chi connectivity index (χ2v) is 13.8. The van der Waals surface area contributed by atoms with Crippen molar-refractivity contribution in [3.8, 4) is 23.0 Å². The van der Waals surface area contributed by atoms with Crippen LogP contribution in [0, 0.1) is 0 Å². The molecule has 1 saturated heterocycles. The molecular weight excluding hydrogens is 708 g/mol. The number of amides is 6. The molecule has 6 rings (SSSR count). The number of hydrogen-bond donors (Lipinski definition) is 3. The van der Waals surface area contributed by atoms with Crippen molar-refractivity contribution in [1.29, 1.82) is 0 Å². The van der Waals surface area contributed by atoms with Crippen LogP contribution >= 0.6 is 0 Å². The fourth-order valence-corrected chi connectivity index (χ4v) is 6.58. The molecule has 0 aromatic heterocycles. The number of methoxy groups -OCH3 is 2. The molecule has 0 radical (unpaired) electrons. The Hall–Kier alpha value is -6.12. The average Bonchev–Trinajstić information content (AvgIpc) is 3.18. The van der Waals surface area contributed by atoms with Crippen molar-refractivity contribution in [2.75, 3.05) is 41.9 Å². The van der Waals surface area contributed by atoms with Gasteiger partial charge in [0.15, 0.2) is 11.5 Å². The molecule has 0 saturated carbocycles. The van der Waals surface area contributed by atoms with Crippen LogP contribution in [0.25, 0.3) is 0 Å². The minimum absolute atomic E-state index is 0.00998. The number of rotatable bonds is 4. The fraction of sp³-hybridized carbons (Fsp3) is 0.400. The van der Waals surface area contributed by atoms with E-state index in [0.717, 1.165) is 0 Å². The standard InChI is InChI=1S/C40H48N6O9/c1-23-36(48)43-24(2)39(51)45(4)30(18-25-8-13-28(53-6)14-9-25)37(49)41-22-35(47)44(3)32-19-26-10-15-29(16-11-26)55-34-21-27(12-17-33(34)54-7)20-31(38(50)42-23)46(5)40(32)52/h8-17,21,23-24,30-32H,18-20,22H2,1-7H3,(H,41,49)(H,42,50)(H,43,48)/t23-,24+,30?,31+,32+/m1/s1. The molecule has 15 heteroatoms. The van der Waals surface area contributed by atoms with Crippen LogP contribution in [0.5, 0.6) is 23.0 Å². The van der Waals surface area contributed by atoms with Gasteiger partial charge >= 0.3 is 0 Å². The highest BCUT2D eigenvalue weighted by molar-refractivity contribution is 5.97. The maximum atomic E-state index is 14.5. The Bertz CT molecular complexity index is 1920. The normalized spacial score (nSPS) is 23.2. The van der Waals surface area contributed by atoms with Gasteiger partial charge < -0.3 is 44.9 Å². The number of carbonyl (C=O) groups excluding carboxylic acids is 6. The van der Waals surface area contributed by atoms with E-state index in [0.29, 0.717) is 39.7 Å². The zero-order valence-electron chi connectivity index (χ0n) is 32.1. The zero-order valence-corrected chi connectivity index (χ0v) is 32.1. The quantitative estimate of drug-likeness (QED) is 0.356. The first-order chi connectivity index (χ1) is 26.2. The van der Waals surface area contributed by atoms with Crippen LogP contribution in [0.15, 0.2) is 66.7 Å². The van der Waals surface area contributed by atoms with Gasteiger partial charge in [-0.25, -0.2) is 0 Å². The Morgan fingerprint density at radius 3 is 1.96 bits per heavy atom. The first-order valence-electron chi connectivity index (χ1n) is 17.9. The van der Waals surface area contributed by atoms with E-state index in [1.165, 1.54) is 63.9 Å². The maximum absolute atomic E-state index is 14.5. The molecule has 3 aromatic carbocycles. The summed E-state index contributed by atoms with van der Waals surface area (Å²) in [7, 11) is 7.43. The van der Waals surface area contributed by atoms with Crippen molar-refractivity contribution in [1.82, 2.24) is 30.7 Å². The molecule has 3 aromatic rings. The Labute approximate surface area is 320 Å². The largest absolute Gasteiger partial charge is 0.497 e. The molecule has 15 nitrogen and oxygen atoms in total. The smallest absolute Gasteiger partial charge is 0.246 e. The molecule has 1 fully saturated rings. The van der Waals surface area contributed by atoms with Crippen LogP contribution in [0.4, 0.5) is 0 Å². The van der Waals surface area contributed by atoms with E-state index >= 15 is 0 Å². The molecule has 5 atom stereocenters. The van der Waals surface area contributed by atoms with Crippen molar-refractivity contribution in [3.63, 3.8) is 0 Å². The van der Waals surface area contributed by atoms with Gasteiger partial charge in [0, 0.05) is 40.4 Å². The van der Waals surface area contributed by atoms with E-state index in [1.807, 2.05) is 0 Å². The van der Waals surface area contributed by atoms with E-state index in [9.17, 15) is 28.8 Å². The first kappa shape index (κ1) is 40.1. The van der Waals surface area contributed by atoms with E-state index < -0.39 is 72.2 Å². The van der Waals surface area contributed by atoms with Crippen LogP contribution in [0.1, 0.15) is 30.5 Å². The van der Waals surface area contributed by atoms with E-state index in [4.69, 9.17) is 14.2 Å². The molecular formula is C40H48N6O9. The van der Waals surface area contributed by atoms with E-state index in [2.05, 4.69) is 16.0 Å². The number of ether oxygens (including phenoxy) is 3. The zero-order chi connectivity index (χ0) is 40.0. The molecule has 3 heterocycles. The molecule has 3 aliphatic heterocycles. The summed E-state index contributed by atoms with van der Waals surface area (Å²) < 4.78 is 16.9. The lowest BCUT2D eigenvalue weighted by atomic mass is 9.99. The van der Waals surface area contributed by atoms with E-state index in [1.54, 1.807) is 66.7 Å². The maximum Gasteiger partial charge on any atom is 0.246 e. The van der Waals surface area contributed by atoms with Gasteiger partial charge in [0.05, 0.1) is 20.8 Å². The number of nitrogens with zero attached hydrogens (tertiary/aromatic N) is 3. The minimum Gasteiger partial charge on any atom is -0.497 e. The highest BCUT2D eigenvalue weighted by Gasteiger charge is 2.38. The van der Waals surface area contributed by atoms with Gasteiger partial charge in [-0.05, 0) is 66.9 Å². The lowest BCUT2D eigenvalue weighted by molar-refractivity contribution is -0.148. The Kier molecular flexibility index (Phi) is 12.6. The summed E-state index contributed by atoms with van der Waals surface area (Å²) in [5.74, 6) is -1.62. The van der Waals surface area contributed by atoms with Crippen LogP contribution in [0.2, 0.25) is 0 Å². The van der Waals surface area contributed by atoms with Crippen LogP contribution in [-0.2, 0) is 48.0 Å². The molecule has 6 bridgehead atoms. The average molecular weight is 757 g/mol. The summed E-state index contributed by atoms with van der Waals surface area (Å²) in [5.41, 5.74) is 2.03. The fourth-order valence-electron chi connectivity index (χ4n) is 6.58. The third kappa shape index (κ3) is 9.34. The van der Waals surface area contributed by atoms with Gasteiger partial charge in [0.2, 0.25) is 35.4 Å². The first-order valence-corrected chi connectivity index (χ1v) is 17.9. The Balaban J connectivity index is 1.55. The second kappa shape index (κ2) is 17.3. The summed E-state index contributed by atoms with van der Waals surface area (Å²) in [5, 5.41) is 8.03. The summed E-state index contributed by atoms with van der Waals surface area (Å²) in [6, 6.07) is 13.6. The SMILES string of the molecule is COc1ccc(CC2C(=O)NCC(=O)N(C)[C@H]3Cc4ccc(cc4)Oc4cc(ccc4OC)C[C@@H](C(=O)N[C@H](C)C(=O)N[C@@H](C)C(=O)N2C)N(C)C3=O)cc1. The summed E-state index contributed by atoms with van der Waals surface area (Å²) in [6.45, 7) is 2.46.